The summed E-state index contributed by atoms with van der Waals surface area (Å²) in [4.78, 5) is 12.8. The molecule has 1 amide bonds. The summed E-state index contributed by atoms with van der Waals surface area (Å²) in [6, 6.07) is 19.6. The van der Waals surface area contributed by atoms with E-state index >= 15 is 0 Å². The summed E-state index contributed by atoms with van der Waals surface area (Å²) in [6.07, 6.45) is 0. The Bertz CT molecular complexity index is 1190. The van der Waals surface area contributed by atoms with Crippen LogP contribution in [0.15, 0.2) is 77.7 Å². The van der Waals surface area contributed by atoms with Crippen LogP contribution in [0.5, 0.6) is 5.75 Å². The number of carbonyl (C=O) groups excluding carboxylic acids is 1. The van der Waals surface area contributed by atoms with Crippen LogP contribution in [0.3, 0.4) is 0 Å². The lowest BCUT2D eigenvalue weighted by atomic mass is 10.2. The van der Waals surface area contributed by atoms with Crippen LogP contribution in [0.2, 0.25) is 10.0 Å². The topological polar surface area (TPSA) is 75.7 Å². The Morgan fingerprint density at radius 3 is 2.44 bits per heavy atom. The molecule has 0 radical (unpaired) electrons. The van der Waals surface area contributed by atoms with Crippen LogP contribution >= 0.6 is 23.2 Å². The predicted molar refractivity (Wildman–Crippen MR) is 127 cm³/mol. The molecule has 0 bridgehead atoms. The van der Waals surface area contributed by atoms with Crippen molar-refractivity contribution in [3.63, 3.8) is 0 Å². The van der Waals surface area contributed by atoms with Crippen molar-refractivity contribution in [2.45, 2.75) is 18.4 Å². The van der Waals surface area contributed by atoms with Crippen molar-refractivity contribution in [1.82, 2.24) is 5.32 Å². The molecule has 0 aromatic heterocycles. The minimum atomic E-state index is -4.06. The van der Waals surface area contributed by atoms with Gasteiger partial charge < -0.3 is 10.1 Å². The van der Waals surface area contributed by atoms with E-state index in [1.165, 1.54) is 30.3 Å². The summed E-state index contributed by atoms with van der Waals surface area (Å²) in [5.74, 6) is 0.206. The highest BCUT2D eigenvalue weighted by Gasteiger charge is 2.28. The molecule has 0 saturated carbocycles. The van der Waals surface area contributed by atoms with E-state index < -0.39 is 22.5 Å². The van der Waals surface area contributed by atoms with Crippen LogP contribution in [0.25, 0.3) is 0 Å². The summed E-state index contributed by atoms with van der Waals surface area (Å²) in [5.41, 5.74) is 0.986. The Balaban J connectivity index is 1.84. The number of ether oxygens (including phenoxy) is 1. The second-order valence-corrected chi connectivity index (χ2v) is 9.48. The molecule has 168 valence electrons. The fourth-order valence-electron chi connectivity index (χ4n) is 3.00. The van der Waals surface area contributed by atoms with E-state index in [-0.39, 0.29) is 22.2 Å². The van der Waals surface area contributed by atoms with E-state index in [0.717, 1.165) is 9.87 Å². The zero-order valence-electron chi connectivity index (χ0n) is 17.3. The molecule has 0 atom stereocenters. The molecule has 9 heteroatoms. The minimum absolute atomic E-state index is 0.0447. The molecule has 0 spiro atoms. The van der Waals surface area contributed by atoms with Crippen LogP contribution in [0.4, 0.5) is 5.69 Å². The van der Waals surface area contributed by atoms with Crippen molar-refractivity contribution in [2.24, 2.45) is 0 Å². The Morgan fingerprint density at radius 2 is 1.75 bits per heavy atom. The molecule has 0 heterocycles. The van der Waals surface area contributed by atoms with Crippen molar-refractivity contribution in [2.75, 3.05) is 17.5 Å². The summed E-state index contributed by atoms with van der Waals surface area (Å²) < 4.78 is 33.1. The number of carbonyl (C=O) groups is 1. The lowest BCUT2D eigenvalue weighted by Crippen LogP contribution is -2.40. The van der Waals surface area contributed by atoms with Crippen LogP contribution in [-0.4, -0.2) is 27.5 Å². The largest absolute Gasteiger partial charge is 0.494 e. The van der Waals surface area contributed by atoms with Gasteiger partial charge in [-0.05, 0) is 55.0 Å². The summed E-state index contributed by atoms with van der Waals surface area (Å²) in [6.45, 7) is 2.18. The van der Waals surface area contributed by atoms with Gasteiger partial charge in [-0.1, -0.05) is 53.5 Å². The van der Waals surface area contributed by atoms with E-state index in [0.29, 0.717) is 17.4 Å². The third-order valence-corrected chi connectivity index (χ3v) is 6.81. The van der Waals surface area contributed by atoms with Crippen molar-refractivity contribution >= 4 is 44.8 Å². The predicted octanol–water partition coefficient (Wildman–Crippen LogP) is 4.90. The van der Waals surface area contributed by atoms with Crippen LogP contribution in [-0.2, 0) is 21.4 Å². The molecule has 0 saturated heterocycles. The van der Waals surface area contributed by atoms with Gasteiger partial charge in [0.25, 0.3) is 10.0 Å². The van der Waals surface area contributed by atoms with Crippen molar-refractivity contribution < 1.29 is 17.9 Å². The van der Waals surface area contributed by atoms with Gasteiger partial charge in [0.15, 0.2) is 0 Å². The fraction of sp³-hybridized carbons (Fsp3) is 0.174. The second-order valence-electron chi connectivity index (χ2n) is 6.78. The Kier molecular flexibility index (Phi) is 8.01. The molecule has 0 aliphatic heterocycles. The first-order valence-corrected chi connectivity index (χ1v) is 12.0. The number of sulfonamides is 1. The van der Waals surface area contributed by atoms with Gasteiger partial charge in [0.2, 0.25) is 5.91 Å². The normalized spacial score (nSPS) is 11.1. The van der Waals surface area contributed by atoms with Gasteiger partial charge in [-0.25, -0.2) is 8.42 Å². The molecule has 3 aromatic rings. The van der Waals surface area contributed by atoms with Gasteiger partial charge in [-0.2, -0.15) is 0 Å². The zero-order chi connectivity index (χ0) is 23.1. The maximum Gasteiger partial charge on any atom is 0.264 e. The molecule has 0 aliphatic carbocycles. The van der Waals surface area contributed by atoms with E-state index in [9.17, 15) is 13.2 Å². The van der Waals surface area contributed by atoms with Gasteiger partial charge in [0, 0.05) is 11.6 Å². The average molecular weight is 493 g/mol. The smallest absolute Gasteiger partial charge is 0.264 e. The molecule has 0 fully saturated rings. The quantitative estimate of drug-likeness (QED) is 0.460. The van der Waals surface area contributed by atoms with Crippen LogP contribution < -0.4 is 14.4 Å². The van der Waals surface area contributed by atoms with Gasteiger partial charge in [-0.3, -0.25) is 9.10 Å². The highest BCUT2D eigenvalue weighted by Crippen LogP contribution is 2.32. The van der Waals surface area contributed by atoms with E-state index in [4.69, 9.17) is 27.9 Å². The van der Waals surface area contributed by atoms with Crippen molar-refractivity contribution in [1.29, 1.82) is 0 Å². The van der Waals surface area contributed by atoms with Gasteiger partial charge in [0.1, 0.15) is 12.3 Å². The molecule has 32 heavy (non-hydrogen) atoms. The van der Waals surface area contributed by atoms with Crippen LogP contribution in [0.1, 0.15) is 12.5 Å². The van der Waals surface area contributed by atoms with Crippen LogP contribution in [0, 0.1) is 0 Å². The van der Waals surface area contributed by atoms with Gasteiger partial charge in [-0.15, -0.1) is 0 Å². The third kappa shape index (κ3) is 5.94. The number of hydrogen-bond acceptors (Lipinski definition) is 4. The molecule has 6 nitrogen and oxygen atoms in total. The van der Waals surface area contributed by atoms with Gasteiger partial charge >= 0.3 is 0 Å². The maximum absolute atomic E-state index is 13.3. The van der Waals surface area contributed by atoms with E-state index in [2.05, 4.69) is 5.32 Å². The number of nitrogens with zero attached hydrogens (tertiary/aromatic N) is 1. The number of anilines is 1. The number of benzene rings is 3. The summed E-state index contributed by atoms with van der Waals surface area (Å²) in [7, 11) is -4.06. The molecular weight excluding hydrogens is 471 g/mol. The fourth-order valence-corrected chi connectivity index (χ4v) is 5.02. The average Bonchev–Trinajstić information content (AvgIpc) is 2.77. The standard InChI is InChI=1S/C23H22Cl2N2O4S/c1-2-31-19-8-6-7-17(13-19)15-26-23(28)16-27(22-12-11-18(24)14-21(22)25)32(29,30)20-9-4-3-5-10-20/h3-14H,2,15-16H2,1H3,(H,26,28). The number of nitrogens with one attached hydrogen (secondary N) is 1. The van der Waals surface area contributed by atoms with E-state index in [1.54, 1.807) is 18.2 Å². The minimum Gasteiger partial charge on any atom is -0.494 e. The Labute approximate surface area is 197 Å². The maximum atomic E-state index is 13.3. The third-order valence-electron chi connectivity index (χ3n) is 4.50. The van der Waals surface area contributed by atoms with Gasteiger partial charge in [0.05, 0.1) is 22.2 Å². The summed E-state index contributed by atoms with van der Waals surface area (Å²) >= 11 is 12.3. The number of halogens is 2. The highest BCUT2D eigenvalue weighted by atomic mass is 35.5. The lowest BCUT2D eigenvalue weighted by Gasteiger charge is -2.25. The molecule has 1 N–H and O–H groups in total. The first-order valence-electron chi connectivity index (χ1n) is 9.82. The number of rotatable bonds is 9. The molecular formula is C23H22Cl2N2O4S. The Hall–Kier alpha value is -2.74. The number of hydrogen-bond donors (Lipinski definition) is 1. The number of amides is 1. The first kappa shape index (κ1) is 23.9. The molecule has 0 unspecified atom stereocenters. The zero-order valence-corrected chi connectivity index (χ0v) is 19.6. The molecule has 0 aliphatic rings. The monoisotopic (exact) mass is 492 g/mol. The SMILES string of the molecule is CCOc1cccc(CNC(=O)CN(c2ccc(Cl)cc2Cl)S(=O)(=O)c2ccccc2)c1. The molecule has 3 aromatic carbocycles. The van der Waals surface area contributed by atoms with E-state index in [1.807, 2.05) is 31.2 Å². The first-order chi connectivity index (χ1) is 15.3. The summed E-state index contributed by atoms with van der Waals surface area (Å²) in [5, 5.41) is 3.23. The Morgan fingerprint density at radius 1 is 1.00 bits per heavy atom. The highest BCUT2D eigenvalue weighted by molar-refractivity contribution is 7.92. The van der Waals surface area contributed by atoms with Crippen molar-refractivity contribution in [3.05, 3.63) is 88.4 Å². The molecule has 3 rings (SSSR count). The second kappa shape index (κ2) is 10.7. The van der Waals surface area contributed by atoms with Crippen molar-refractivity contribution in [3.8, 4) is 5.75 Å². The lowest BCUT2D eigenvalue weighted by molar-refractivity contribution is -0.119.